The SMILES string of the molecule is CN1CCc2nc(NC(=O)Cn3cnc4ccccc4c3=O)sc2C1. The molecule has 3 heterocycles. The normalized spacial score (nSPS) is 14.4. The Bertz CT molecular complexity index is 1010. The monoisotopic (exact) mass is 355 g/mol. The van der Waals surface area contributed by atoms with Crippen LogP contribution in [0, 0.1) is 0 Å². The summed E-state index contributed by atoms with van der Waals surface area (Å²) < 4.78 is 1.32. The van der Waals surface area contributed by atoms with Crippen LogP contribution in [-0.4, -0.2) is 38.9 Å². The van der Waals surface area contributed by atoms with Crippen LogP contribution in [0.4, 0.5) is 5.13 Å². The summed E-state index contributed by atoms with van der Waals surface area (Å²) in [5.74, 6) is -0.279. The van der Waals surface area contributed by atoms with Gasteiger partial charge in [-0.05, 0) is 19.2 Å². The zero-order valence-corrected chi connectivity index (χ0v) is 14.5. The molecule has 1 aromatic carbocycles. The third kappa shape index (κ3) is 3.18. The number of likely N-dealkylation sites (N-methyl/N-ethyl adjacent to an activating group) is 1. The lowest BCUT2D eigenvalue weighted by atomic mass is 10.2. The average molecular weight is 355 g/mol. The molecule has 0 saturated heterocycles. The Morgan fingerprint density at radius 1 is 1.36 bits per heavy atom. The highest BCUT2D eigenvalue weighted by atomic mass is 32.1. The molecule has 1 amide bonds. The fourth-order valence-corrected chi connectivity index (χ4v) is 4.01. The Morgan fingerprint density at radius 3 is 3.08 bits per heavy atom. The summed E-state index contributed by atoms with van der Waals surface area (Å²) in [6.45, 7) is 1.75. The molecule has 0 unspecified atom stereocenters. The van der Waals surface area contributed by atoms with E-state index in [1.54, 1.807) is 18.2 Å². The fraction of sp³-hybridized carbons (Fsp3) is 0.294. The maximum atomic E-state index is 12.4. The van der Waals surface area contributed by atoms with Crippen molar-refractivity contribution in [2.45, 2.75) is 19.5 Å². The van der Waals surface area contributed by atoms with Crippen molar-refractivity contribution in [3.63, 3.8) is 0 Å². The number of anilines is 1. The third-order valence-corrected chi connectivity index (χ3v) is 5.21. The van der Waals surface area contributed by atoms with Gasteiger partial charge in [-0.1, -0.05) is 12.1 Å². The van der Waals surface area contributed by atoms with E-state index in [1.807, 2.05) is 6.07 Å². The molecule has 0 radical (unpaired) electrons. The van der Waals surface area contributed by atoms with Crippen LogP contribution < -0.4 is 10.9 Å². The second-order valence-corrected chi connectivity index (χ2v) is 7.20. The second-order valence-electron chi connectivity index (χ2n) is 6.12. The Balaban J connectivity index is 1.51. The van der Waals surface area contributed by atoms with Crippen LogP contribution in [0.5, 0.6) is 0 Å². The molecule has 0 fully saturated rings. The second kappa shape index (κ2) is 6.38. The number of hydrogen-bond acceptors (Lipinski definition) is 6. The van der Waals surface area contributed by atoms with Gasteiger partial charge in [0.2, 0.25) is 5.91 Å². The van der Waals surface area contributed by atoms with Crippen molar-refractivity contribution >= 4 is 33.3 Å². The van der Waals surface area contributed by atoms with E-state index in [9.17, 15) is 9.59 Å². The van der Waals surface area contributed by atoms with E-state index in [-0.39, 0.29) is 18.0 Å². The van der Waals surface area contributed by atoms with Crippen molar-refractivity contribution in [2.75, 3.05) is 18.9 Å². The molecule has 2 aromatic heterocycles. The van der Waals surface area contributed by atoms with Gasteiger partial charge in [-0.25, -0.2) is 9.97 Å². The van der Waals surface area contributed by atoms with E-state index in [2.05, 4.69) is 27.2 Å². The van der Waals surface area contributed by atoms with Gasteiger partial charge in [-0.15, -0.1) is 11.3 Å². The maximum absolute atomic E-state index is 12.4. The first-order chi connectivity index (χ1) is 12.1. The van der Waals surface area contributed by atoms with Gasteiger partial charge >= 0.3 is 0 Å². The number of nitrogens with zero attached hydrogens (tertiary/aromatic N) is 4. The van der Waals surface area contributed by atoms with Gasteiger partial charge in [0.25, 0.3) is 5.56 Å². The molecule has 1 aliphatic rings. The zero-order chi connectivity index (χ0) is 17.4. The number of carbonyl (C=O) groups is 1. The van der Waals surface area contributed by atoms with E-state index in [1.165, 1.54) is 27.1 Å². The minimum atomic E-state index is -0.279. The topological polar surface area (TPSA) is 80.1 Å². The van der Waals surface area contributed by atoms with E-state index >= 15 is 0 Å². The Labute approximate surface area is 147 Å². The number of nitrogens with one attached hydrogen (secondary N) is 1. The first-order valence-electron chi connectivity index (χ1n) is 8.01. The molecule has 1 aliphatic heterocycles. The molecule has 128 valence electrons. The number of thiazole rings is 1. The number of aromatic nitrogens is 3. The molecular weight excluding hydrogens is 338 g/mol. The van der Waals surface area contributed by atoms with E-state index in [4.69, 9.17) is 0 Å². The average Bonchev–Trinajstić information content (AvgIpc) is 2.98. The highest BCUT2D eigenvalue weighted by Gasteiger charge is 2.19. The molecule has 8 heteroatoms. The van der Waals surface area contributed by atoms with Crippen LogP contribution in [0.2, 0.25) is 0 Å². The minimum absolute atomic E-state index is 0.0825. The van der Waals surface area contributed by atoms with Gasteiger partial charge in [-0.2, -0.15) is 0 Å². The van der Waals surface area contributed by atoms with Crippen molar-refractivity contribution in [2.24, 2.45) is 0 Å². The lowest BCUT2D eigenvalue weighted by Gasteiger charge is -2.20. The predicted molar refractivity (Wildman–Crippen MR) is 96.8 cm³/mol. The van der Waals surface area contributed by atoms with Gasteiger partial charge in [-0.3, -0.25) is 14.2 Å². The van der Waals surface area contributed by atoms with Crippen LogP contribution >= 0.6 is 11.3 Å². The van der Waals surface area contributed by atoms with E-state index < -0.39 is 0 Å². The molecular formula is C17H17N5O2S. The van der Waals surface area contributed by atoms with Gasteiger partial charge in [0.15, 0.2) is 5.13 Å². The number of para-hydroxylation sites is 1. The summed E-state index contributed by atoms with van der Waals surface area (Å²) in [6, 6.07) is 7.10. The zero-order valence-electron chi connectivity index (χ0n) is 13.7. The van der Waals surface area contributed by atoms with Gasteiger partial charge < -0.3 is 10.2 Å². The predicted octanol–water partition coefficient (Wildman–Crippen LogP) is 1.48. The van der Waals surface area contributed by atoms with Crippen molar-refractivity contribution < 1.29 is 4.79 Å². The molecule has 0 atom stereocenters. The van der Waals surface area contributed by atoms with Crippen LogP contribution in [0.15, 0.2) is 35.4 Å². The molecule has 1 N–H and O–H groups in total. The third-order valence-electron chi connectivity index (χ3n) is 4.21. The number of rotatable bonds is 3. The summed E-state index contributed by atoms with van der Waals surface area (Å²) >= 11 is 1.50. The van der Waals surface area contributed by atoms with Crippen LogP contribution in [0.3, 0.4) is 0 Å². The number of amides is 1. The summed E-state index contributed by atoms with van der Waals surface area (Å²) in [4.78, 5) is 36.9. The summed E-state index contributed by atoms with van der Waals surface area (Å²) in [5, 5.41) is 3.90. The van der Waals surface area contributed by atoms with Crippen molar-refractivity contribution in [3.05, 3.63) is 51.5 Å². The number of fused-ring (bicyclic) bond motifs is 2. The largest absolute Gasteiger partial charge is 0.301 e. The van der Waals surface area contributed by atoms with E-state index in [0.717, 1.165) is 25.2 Å². The highest BCUT2D eigenvalue weighted by molar-refractivity contribution is 7.15. The number of benzene rings is 1. The van der Waals surface area contributed by atoms with E-state index in [0.29, 0.717) is 16.0 Å². The van der Waals surface area contributed by atoms with Crippen molar-refractivity contribution in [3.8, 4) is 0 Å². The molecule has 4 rings (SSSR count). The summed E-state index contributed by atoms with van der Waals surface area (Å²) in [7, 11) is 2.07. The number of hydrogen-bond donors (Lipinski definition) is 1. The van der Waals surface area contributed by atoms with Crippen molar-refractivity contribution in [1.82, 2.24) is 19.4 Å². The lowest BCUT2D eigenvalue weighted by molar-refractivity contribution is -0.116. The smallest absolute Gasteiger partial charge is 0.261 e. The molecule has 0 bridgehead atoms. The minimum Gasteiger partial charge on any atom is -0.301 e. The summed E-state index contributed by atoms with van der Waals surface area (Å²) in [5.41, 5.74) is 1.46. The Kier molecular flexibility index (Phi) is 4.06. The molecule has 3 aromatic rings. The number of carbonyl (C=O) groups excluding carboxylic acids is 1. The molecule has 25 heavy (non-hydrogen) atoms. The molecule has 7 nitrogen and oxygen atoms in total. The van der Waals surface area contributed by atoms with Gasteiger partial charge in [0.05, 0.1) is 22.9 Å². The van der Waals surface area contributed by atoms with Gasteiger partial charge in [0, 0.05) is 24.4 Å². The Hall–Kier alpha value is -2.58. The Morgan fingerprint density at radius 2 is 2.20 bits per heavy atom. The van der Waals surface area contributed by atoms with Crippen LogP contribution in [-0.2, 0) is 24.3 Å². The standard InChI is InChI=1S/C17H17N5O2S/c1-21-7-6-13-14(8-21)25-17(19-13)20-15(23)9-22-10-18-12-5-3-2-4-11(12)16(22)24/h2-5,10H,6-9H2,1H3,(H,19,20,23). The molecule has 0 saturated carbocycles. The first-order valence-corrected chi connectivity index (χ1v) is 8.83. The van der Waals surface area contributed by atoms with Crippen LogP contribution in [0.1, 0.15) is 10.6 Å². The maximum Gasteiger partial charge on any atom is 0.261 e. The van der Waals surface area contributed by atoms with Crippen molar-refractivity contribution in [1.29, 1.82) is 0 Å². The molecule has 0 spiro atoms. The molecule has 0 aliphatic carbocycles. The van der Waals surface area contributed by atoms with Gasteiger partial charge in [0.1, 0.15) is 6.54 Å². The summed E-state index contributed by atoms with van der Waals surface area (Å²) in [6.07, 6.45) is 2.30. The highest BCUT2D eigenvalue weighted by Crippen LogP contribution is 2.27. The fourth-order valence-electron chi connectivity index (χ4n) is 2.91. The van der Waals surface area contributed by atoms with Crippen LogP contribution in [0.25, 0.3) is 10.9 Å². The first kappa shape index (κ1) is 15.9. The quantitative estimate of drug-likeness (QED) is 0.770. The lowest BCUT2D eigenvalue weighted by Crippen LogP contribution is -2.27.